The fourth-order valence-corrected chi connectivity index (χ4v) is 4.07. The molecule has 0 saturated carbocycles. The van der Waals surface area contributed by atoms with E-state index in [1.54, 1.807) is 0 Å². The van der Waals surface area contributed by atoms with Crippen LogP contribution in [-0.2, 0) is 10.0 Å². The summed E-state index contributed by atoms with van der Waals surface area (Å²) in [5.74, 6) is 0. The zero-order chi connectivity index (χ0) is 17.3. The minimum atomic E-state index is -3.85. The Morgan fingerprint density at radius 3 is 2.50 bits per heavy atom. The number of halogens is 2. The van der Waals surface area contributed by atoms with Gasteiger partial charge in [-0.05, 0) is 44.3 Å². The first-order valence-electron chi connectivity index (χ1n) is 7.30. The van der Waals surface area contributed by atoms with Crippen molar-refractivity contribution in [1.82, 2.24) is 10.0 Å². The molecule has 0 amide bonds. The molecular weight excluding hydrogens is 377 g/mol. The Labute approximate surface area is 152 Å². The van der Waals surface area contributed by atoms with Crippen LogP contribution in [0.25, 0.3) is 0 Å². The van der Waals surface area contributed by atoms with Crippen LogP contribution in [0.3, 0.4) is 0 Å². The van der Waals surface area contributed by atoms with Gasteiger partial charge in [0, 0.05) is 18.2 Å². The average molecular weight is 398 g/mol. The minimum Gasteiger partial charge on any atom is -0.317 e. The quantitative estimate of drug-likeness (QED) is 0.587. The highest BCUT2D eigenvalue weighted by atomic mass is 35.5. The van der Waals surface area contributed by atoms with Crippen LogP contribution in [-0.4, -0.2) is 33.0 Å². The molecule has 0 aliphatic carbocycles. The number of nitrogens with one attached hydrogen (secondary N) is 2. The van der Waals surface area contributed by atoms with Crippen LogP contribution in [0.15, 0.2) is 17.0 Å². The first kappa shape index (κ1) is 21.1. The van der Waals surface area contributed by atoms with Crippen molar-refractivity contribution in [3.05, 3.63) is 32.8 Å². The summed E-state index contributed by atoms with van der Waals surface area (Å²) in [7, 11) is -3.85. The number of nitrogens with zero attached hydrogens (tertiary/aromatic N) is 1. The van der Waals surface area contributed by atoms with E-state index in [9.17, 15) is 18.5 Å². The van der Waals surface area contributed by atoms with Gasteiger partial charge in [0.05, 0.1) is 14.8 Å². The number of piperidine rings is 1. The smallest absolute Gasteiger partial charge is 0.275 e. The lowest BCUT2D eigenvalue weighted by molar-refractivity contribution is -0.385. The maximum Gasteiger partial charge on any atom is 0.275 e. The fourth-order valence-electron chi connectivity index (χ4n) is 2.54. The summed E-state index contributed by atoms with van der Waals surface area (Å²) in [5.41, 5.74) is -0.175. The molecule has 2 rings (SSSR count). The number of hydrogen-bond donors (Lipinski definition) is 2. The van der Waals surface area contributed by atoms with Gasteiger partial charge in [-0.2, -0.15) is 0 Å². The lowest BCUT2D eigenvalue weighted by Crippen LogP contribution is -2.42. The van der Waals surface area contributed by atoms with Crippen molar-refractivity contribution < 1.29 is 13.3 Å². The molecule has 1 saturated heterocycles. The molecule has 0 spiro atoms. The van der Waals surface area contributed by atoms with Crippen LogP contribution in [0.1, 0.15) is 25.3 Å². The zero-order valence-electron chi connectivity index (χ0n) is 13.5. The molecule has 136 valence electrons. The third-order valence-electron chi connectivity index (χ3n) is 4.30. The van der Waals surface area contributed by atoms with E-state index in [-0.39, 0.29) is 45.5 Å². The Hall–Kier alpha value is -0.930. The molecule has 0 bridgehead atoms. The fraction of sp³-hybridized carbons (Fsp3) is 0.571. The van der Waals surface area contributed by atoms with Gasteiger partial charge in [0.25, 0.3) is 5.69 Å². The first-order valence-corrected chi connectivity index (χ1v) is 9.16. The summed E-state index contributed by atoms with van der Waals surface area (Å²) in [6.45, 7) is 5.50. The third-order valence-corrected chi connectivity index (χ3v) is 6.07. The number of nitro groups is 1. The van der Waals surface area contributed by atoms with Crippen molar-refractivity contribution in [3.8, 4) is 0 Å². The van der Waals surface area contributed by atoms with Crippen LogP contribution in [0.5, 0.6) is 0 Å². The summed E-state index contributed by atoms with van der Waals surface area (Å²) < 4.78 is 27.5. The SMILES string of the molecule is Cc1c(Cl)cc(S(=O)(=O)NCC2(C)CCNCC2)cc1[N+](=O)[O-].Cl. The summed E-state index contributed by atoms with van der Waals surface area (Å²) in [6.07, 6.45) is 1.73. The van der Waals surface area contributed by atoms with E-state index in [0.717, 1.165) is 32.0 Å². The Balaban J connectivity index is 0.00000288. The summed E-state index contributed by atoms with van der Waals surface area (Å²) in [5, 5.41) is 14.3. The number of benzene rings is 1. The normalized spacial score (nSPS) is 17.1. The molecule has 1 heterocycles. The molecule has 0 radical (unpaired) electrons. The molecule has 1 aliphatic rings. The van der Waals surface area contributed by atoms with E-state index >= 15 is 0 Å². The highest BCUT2D eigenvalue weighted by molar-refractivity contribution is 7.89. The Morgan fingerprint density at radius 2 is 1.96 bits per heavy atom. The van der Waals surface area contributed by atoms with Crippen molar-refractivity contribution in [1.29, 1.82) is 0 Å². The average Bonchev–Trinajstić information content (AvgIpc) is 2.48. The predicted molar refractivity (Wildman–Crippen MR) is 95.5 cm³/mol. The molecule has 1 aromatic rings. The molecule has 7 nitrogen and oxygen atoms in total. The highest BCUT2D eigenvalue weighted by Gasteiger charge is 2.29. The molecule has 0 unspecified atom stereocenters. The maximum absolute atomic E-state index is 12.4. The Bertz CT molecular complexity index is 719. The number of hydrogen-bond acceptors (Lipinski definition) is 5. The van der Waals surface area contributed by atoms with Crippen LogP contribution in [0.4, 0.5) is 5.69 Å². The topological polar surface area (TPSA) is 101 Å². The van der Waals surface area contributed by atoms with Gasteiger partial charge in [-0.25, -0.2) is 13.1 Å². The van der Waals surface area contributed by atoms with Gasteiger partial charge in [-0.1, -0.05) is 18.5 Å². The molecule has 24 heavy (non-hydrogen) atoms. The van der Waals surface area contributed by atoms with Gasteiger partial charge < -0.3 is 5.32 Å². The largest absolute Gasteiger partial charge is 0.317 e. The van der Waals surface area contributed by atoms with Gasteiger partial charge in [0.1, 0.15) is 0 Å². The van der Waals surface area contributed by atoms with Gasteiger partial charge in [-0.15, -0.1) is 12.4 Å². The molecule has 0 aromatic heterocycles. The van der Waals surface area contributed by atoms with Crippen molar-refractivity contribution in [2.45, 2.75) is 31.6 Å². The summed E-state index contributed by atoms with van der Waals surface area (Å²) in [4.78, 5) is 10.2. The lowest BCUT2D eigenvalue weighted by Gasteiger charge is -2.34. The van der Waals surface area contributed by atoms with E-state index in [1.165, 1.54) is 13.0 Å². The van der Waals surface area contributed by atoms with E-state index < -0.39 is 14.9 Å². The van der Waals surface area contributed by atoms with Crippen molar-refractivity contribution in [2.24, 2.45) is 5.41 Å². The molecule has 10 heteroatoms. The second-order valence-electron chi connectivity index (χ2n) is 6.19. The number of nitro benzene ring substituents is 1. The van der Waals surface area contributed by atoms with E-state index in [0.29, 0.717) is 0 Å². The van der Waals surface area contributed by atoms with Crippen molar-refractivity contribution in [2.75, 3.05) is 19.6 Å². The molecular formula is C14H21Cl2N3O4S. The van der Waals surface area contributed by atoms with Crippen molar-refractivity contribution in [3.63, 3.8) is 0 Å². The molecule has 1 aliphatic heterocycles. The molecule has 1 aromatic carbocycles. The Morgan fingerprint density at radius 1 is 1.38 bits per heavy atom. The van der Waals surface area contributed by atoms with E-state index in [4.69, 9.17) is 11.6 Å². The highest BCUT2D eigenvalue weighted by Crippen LogP contribution is 2.31. The molecule has 2 N–H and O–H groups in total. The second kappa shape index (κ2) is 7.97. The molecule has 0 atom stereocenters. The van der Waals surface area contributed by atoms with Gasteiger partial charge >= 0.3 is 0 Å². The van der Waals surface area contributed by atoms with Gasteiger partial charge in [0.15, 0.2) is 0 Å². The van der Waals surface area contributed by atoms with Crippen LogP contribution < -0.4 is 10.0 Å². The monoisotopic (exact) mass is 397 g/mol. The lowest BCUT2D eigenvalue weighted by atomic mass is 9.81. The number of rotatable bonds is 5. The third kappa shape index (κ3) is 4.80. The molecule has 1 fully saturated rings. The summed E-state index contributed by atoms with van der Waals surface area (Å²) in [6, 6.07) is 2.30. The standard InChI is InChI=1S/C14H20ClN3O4S.ClH/c1-10-12(15)7-11(8-13(10)18(19)20)23(21,22)17-9-14(2)3-5-16-6-4-14;/h7-8,16-17H,3-6,9H2,1-2H3;1H. The van der Waals surface area contributed by atoms with Crippen molar-refractivity contribution >= 4 is 39.7 Å². The van der Waals surface area contributed by atoms with Crippen LogP contribution in [0.2, 0.25) is 5.02 Å². The predicted octanol–water partition coefficient (Wildman–Crippen LogP) is 2.65. The minimum absolute atomic E-state index is 0. The van der Waals surface area contributed by atoms with Crippen LogP contribution in [0, 0.1) is 22.5 Å². The zero-order valence-corrected chi connectivity index (χ0v) is 15.9. The van der Waals surface area contributed by atoms with E-state index in [1.807, 2.05) is 6.92 Å². The maximum atomic E-state index is 12.4. The van der Waals surface area contributed by atoms with Crippen LogP contribution >= 0.6 is 24.0 Å². The Kier molecular flexibility index (Phi) is 7.01. The summed E-state index contributed by atoms with van der Waals surface area (Å²) >= 11 is 5.94. The van der Waals surface area contributed by atoms with Gasteiger partial charge in [0.2, 0.25) is 10.0 Å². The van der Waals surface area contributed by atoms with E-state index in [2.05, 4.69) is 10.0 Å². The van der Waals surface area contributed by atoms with Gasteiger partial charge in [-0.3, -0.25) is 10.1 Å². The number of sulfonamides is 1. The second-order valence-corrected chi connectivity index (χ2v) is 8.37. The first-order chi connectivity index (χ1) is 10.6.